The van der Waals surface area contributed by atoms with Gasteiger partial charge in [-0.2, -0.15) is 5.10 Å². The van der Waals surface area contributed by atoms with Crippen LogP contribution in [-0.2, 0) is 6.42 Å². The molecule has 1 N–H and O–H groups in total. The van der Waals surface area contributed by atoms with E-state index in [4.69, 9.17) is 5.10 Å². The molecule has 1 aliphatic carbocycles. The molecule has 0 aliphatic heterocycles. The van der Waals surface area contributed by atoms with Crippen LogP contribution in [0.4, 0.5) is 0 Å². The largest absolute Gasteiger partial charge is 0.345 e. The van der Waals surface area contributed by atoms with E-state index >= 15 is 0 Å². The number of hydrogen-bond acceptors (Lipinski definition) is 2. The van der Waals surface area contributed by atoms with Crippen LogP contribution in [0.15, 0.2) is 54.6 Å². The summed E-state index contributed by atoms with van der Waals surface area (Å²) in [6.45, 7) is 8.60. The van der Waals surface area contributed by atoms with Gasteiger partial charge in [0, 0.05) is 11.1 Å². The van der Waals surface area contributed by atoms with E-state index in [1.54, 1.807) is 0 Å². The molecule has 144 valence electrons. The van der Waals surface area contributed by atoms with Crippen LogP contribution in [0.25, 0.3) is 5.69 Å². The number of carbonyl (C=O) groups excluding carboxylic acids is 1. The summed E-state index contributed by atoms with van der Waals surface area (Å²) in [5.41, 5.74) is 6.35. The molecule has 0 saturated carbocycles. The molecular formula is C24H27N3O. The third-order valence-electron chi connectivity index (χ3n) is 5.58. The van der Waals surface area contributed by atoms with E-state index in [1.165, 1.54) is 11.3 Å². The summed E-state index contributed by atoms with van der Waals surface area (Å²) < 4.78 is 2.05. The molecule has 1 atom stereocenters. The molecule has 0 radical (unpaired) electrons. The van der Waals surface area contributed by atoms with Gasteiger partial charge in [0.2, 0.25) is 0 Å². The summed E-state index contributed by atoms with van der Waals surface area (Å²) in [6, 6.07) is 17.9. The molecule has 28 heavy (non-hydrogen) atoms. The molecule has 3 aromatic rings. The highest BCUT2D eigenvalue weighted by atomic mass is 16.1. The summed E-state index contributed by atoms with van der Waals surface area (Å²) in [5, 5.41) is 8.12. The molecule has 0 saturated heterocycles. The van der Waals surface area contributed by atoms with Gasteiger partial charge in [-0.25, -0.2) is 4.68 Å². The van der Waals surface area contributed by atoms with E-state index in [9.17, 15) is 4.79 Å². The molecule has 1 aliphatic rings. The minimum Gasteiger partial charge on any atom is -0.345 e. The molecule has 1 unspecified atom stereocenters. The number of aromatic nitrogens is 2. The first-order valence-electron chi connectivity index (χ1n) is 9.85. The number of aryl methyl sites for hydroxylation is 2. The Morgan fingerprint density at radius 2 is 1.75 bits per heavy atom. The van der Waals surface area contributed by atoms with Gasteiger partial charge in [-0.3, -0.25) is 4.79 Å². The van der Waals surface area contributed by atoms with E-state index in [1.807, 2.05) is 56.3 Å². The third kappa shape index (κ3) is 3.47. The first-order chi connectivity index (χ1) is 13.3. The van der Waals surface area contributed by atoms with Crippen LogP contribution in [0, 0.1) is 19.3 Å². The average Bonchev–Trinajstić information content (AvgIpc) is 2.98. The van der Waals surface area contributed by atoms with Crippen molar-refractivity contribution in [2.45, 2.75) is 46.6 Å². The number of nitrogens with zero attached hydrogens (tertiary/aromatic N) is 2. The van der Waals surface area contributed by atoms with Gasteiger partial charge >= 0.3 is 0 Å². The normalized spacial score (nSPS) is 17.8. The van der Waals surface area contributed by atoms with E-state index < -0.39 is 0 Å². The minimum absolute atomic E-state index is 0.0273. The van der Waals surface area contributed by atoms with Crippen molar-refractivity contribution in [3.05, 3.63) is 82.7 Å². The van der Waals surface area contributed by atoms with Crippen LogP contribution in [0.1, 0.15) is 59.2 Å². The lowest BCUT2D eigenvalue weighted by molar-refractivity contribution is 0.0919. The highest BCUT2D eigenvalue weighted by Crippen LogP contribution is 2.42. The molecule has 2 aromatic carbocycles. The van der Waals surface area contributed by atoms with Crippen molar-refractivity contribution in [3.63, 3.8) is 0 Å². The second kappa shape index (κ2) is 6.93. The lowest BCUT2D eigenvalue weighted by atomic mass is 9.73. The number of amides is 1. The first kappa shape index (κ1) is 18.5. The molecule has 1 aromatic heterocycles. The number of fused-ring (bicyclic) bond motifs is 1. The quantitative estimate of drug-likeness (QED) is 0.707. The minimum atomic E-state index is -0.0370. The van der Waals surface area contributed by atoms with Crippen molar-refractivity contribution in [2.24, 2.45) is 5.41 Å². The third-order valence-corrected chi connectivity index (χ3v) is 5.58. The predicted octanol–water partition coefficient (Wildman–Crippen LogP) is 4.93. The second-order valence-corrected chi connectivity index (χ2v) is 8.63. The van der Waals surface area contributed by atoms with Gasteiger partial charge in [0.1, 0.15) is 0 Å². The lowest BCUT2D eigenvalue weighted by Crippen LogP contribution is -2.37. The van der Waals surface area contributed by atoms with Crippen molar-refractivity contribution >= 4 is 5.91 Å². The summed E-state index contributed by atoms with van der Waals surface area (Å²) in [5.74, 6) is -0.0273. The molecule has 0 fully saturated rings. The van der Waals surface area contributed by atoms with Crippen LogP contribution < -0.4 is 5.32 Å². The smallest absolute Gasteiger partial charge is 0.251 e. The van der Waals surface area contributed by atoms with Crippen LogP contribution in [-0.4, -0.2) is 15.7 Å². The number of para-hydroxylation sites is 1. The monoisotopic (exact) mass is 373 g/mol. The fourth-order valence-electron chi connectivity index (χ4n) is 4.24. The SMILES string of the molecule is Cc1ccc(C(=O)NC2CC(C)(C)Cc3c2c(C)nn3-c2ccccc2)cc1. The topological polar surface area (TPSA) is 46.9 Å². The van der Waals surface area contributed by atoms with Gasteiger partial charge in [-0.1, -0.05) is 49.7 Å². The molecule has 0 bridgehead atoms. The van der Waals surface area contributed by atoms with Crippen LogP contribution in [0.5, 0.6) is 0 Å². The van der Waals surface area contributed by atoms with Crippen molar-refractivity contribution in [3.8, 4) is 5.69 Å². The molecule has 1 heterocycles. The van der Waals surface area contributed by atoms with Gasteiger partial charge in [0.25, 0.3) is 5.91 Å². The Balaban J connectivity index is 1.72. The van der Waals surface area contributed by atoms with Crippen LogP contribution in [0.2, 0.25) is 0 Å². The molecular weight excluding hydrogens is 346 g/mol. The first-order valence-corrected chi connectivity index (χ1v) is 9.85. The summed E-state index contributed by atoms with van der Waals surface area (Å²) >= 11 is 0. The maximum Gasteiger partial charge on any atom is 0.251 e. The Labute approximate surface area is 166 Å². The zero-order valence-electron chi connectivity index (χ0n) is 17.0. The maximum atomic E-state index is 12.9. The summed E-state index contributed by atoms with van der Waals surface area (Å²) in [7, 11) is 0. The zero-order chi connectivity index (χ0) is 19.9. The fourth-order valence-corrected chi connectivity index (χ4v) is 4.24. The zero-order valence-corrected chi connectivity index (χ0v) is 17.0. The summed E-state index contributed by atoms with van der Waals surface area (Å²) in [6.07, 6.45) is 1.84. The maximum absolute atomic E-state index is 12.9. The highest BCUT2D eigenvalue weighted by Gasteiger charge is 2.37. The van der Waals surface area contributed by atoms with Gasteiger partial charge in [-0.05, 0) is 56.4 Å². The highest BCUT2D eigenvalue weighted by molar-refractivity contribution is 5.94. The Morgan fingerprint density at radius 3 is 2.43 bits per heavy atom. The van der Waals surface area contributed by atoms with Gasteiger partial charge in [0.15, 0.2) is 0 Å². The Kier molecular flexibility index (Phi) is 4.58. The van der Waals surface area contributed by atoms with E-state index in [0.717, 1.165) is 29.8 Å². The van der Waals surface area contributed by atoms with Crippen LogP contribution >= 0.6 is 0 Å². The number of carbonyl (C=O) groups is 1. The molecule has 4 heteroatoms. The molecule has 4 nitrogen and oxygen atoms in total. The number of benzene rings is 2. The van der Waals surface area contributed by atoms with Gasteiger partial charge in [0.05, 0.1) is 23.1 Å². The average molecular weight is 374 g/mol. The van der Waals surface area contributed by atoms with Gasteiger partial charge < -0.3 is 5.32 Å². The predicted molar refractivity (Wildman–Crippen MR) is 112 cm³/mol. The van der Waals surface area contributed by atoms with Crippen molar-refractivity contribution in [2.75, 3.05) is 0 Å². The van der Waals surface area contributed by atoms with Crippen molar-refractivity contribution in [1.29, 1.82) is 0 Å². The lowest BCUT2D eigenvalue weighted by Gasteiger charge is -2.36. The Bertz CT molecular complexity index is 1000. The molecule has 4 rings (SSSR count). The fraction of sp³-hybridized carbons (Fsp3) is 0.333. The van der Waals surface area contributed by atoms with E-state index in [2.05, 4.69) is 36.0 Å². The van der Waals surface area contributed by atoms with Gasteiger partial charge in [-0.15, -0.1) is 0 Å². The number of nitrogens with one attached hydrogen (secondary N) is 1. The second-order valence-electron chi connectivity index (χ2n) is 8.63. The molecule has 0 spiro atoms. The van der Waals surface area contributed by atoms with Crippen molar-refractivity contribution < 1.29 is 4.79 Å². The van der Waals surface area contributed by atoms with E-state index in [-0.39, 0.29) is 17.4 Å². The van der Waals surface area contributed by atoms with Crippen molar-refractivity contribution in [1.82, 2.24) is 15.1 Å². The number of rotatable bonds is 3. The molecule has 1 amide bonds. The summed E-state index contributed by atoms with van der Waals surface area (Å²) in [4.78, 5) is 12.9. The Hall–Kier alpha value is -2.88. The van der Waals surface area contributed by atoms with E-state index in [0.29, 0.717) is 5.56 Å². The van der Waals surface area contributed by atoms with Crippen LogP contribution in [0.3, 0.4) is 0 Å². The number of hydrogen-bond donors (Lipinski definition) is 1. The standard InChI is InChI=1S/C24H27N3O/c1-16-10-12-18(13-11-16)23(28)25-20-14-24(3,4)15-21-22(20)17(2)26-27(21)19-8-6-5-7-9-19/h5-13,20H,14-15H2,1-4H3,(H,25,28). The Morgan fingerprint density at radius 1 is 1.07 bits per heavy atom.